The smallest absolute Gasteiger partial charge is 0.129 e. The van der Waals surface area contributed by atoms with Crippen molar-refractivity contribution in [2.45, 2.75) is 45.1 Å². The molecular weight excluding hydrogens is 335 g/mol. The molecule has 25 heavy (non-hydrogen) atoms. The Morgan fingerprint density at radius 1 is 1.08 bits per heavy atom. The fourth-order valence-corrected chi connectivity index (χ4v) is 4.33. The molecule has 1 saturated carbocycles. The van der Waals surface area contributed by atoms with Gasteiger partial charge < -0.3 is 5.32 Å². The monoisotopic (exact) mass is 356 g/mol. The van der Waals surface area contributed by atoms with Crippen molar-refractivity contribution in [3.8, 4) is 0 Å². The largest absolute Gasteiger partial charge is 0.343 e. The summed E-state index contributed by atoms with van der Waals surface area (Å²) in [6.45, 7) is 0.343. The van der Waals surface area contributed by atoms with Crippen LogP contribution in [-0.4, -0.2) is 5.84 Å². The van der Waals surface area contributed by atoms with Gasteiger partial charge in [0.05, 0.1) is 6.54 Å². The van der Waals surface area contributed by atoms with Crippen LogP contribution < -0.4 is 5.32 Å². The molecule has 0 saturated heterocycles. The number of hydrogen-bond donors (Lipinski definition) is 1. The Bertz CT molecular complexity index is 809. The predicted molar refractivity (Wildman–Crippen MR) is 102 cm³/mol. The minimum atomic E-state index is -0.286. The maximum atomic E-state index is 14.1. The molecule has 2 aromatic carbocycles. The van der Waals surface area contributed by atoms with Gasteiger partial charge in [0.25, 0.3) is 0 Å². The van der Waals surface area contributed by atoms with Gasteiger partial charge in [-0.3, -0.25) is 4.99 Å². The molecule has 1 spiro atoms. The van der Waals surface area contributed by atoms with Crippen LogP contribution >= 0.6 is 11.6 Å². The van der Waals surface area contributed by atoms with E-state index in [1.807, 2.05) is 6.07 Å². The predicted octanol–water partition coefficient (Wildman–Crippen LogP) is 6.00. The average Bonchev–Trinajstić information content (AvgIpc) is 2.62. The van der Waals surface area contributed by atoms with E-state index in [-0.39, 0.29) is 11.2 Å². The molecule has 1 N–H and O–H groups in total. The van der Waals surface area contributed by atoms with E-state index in [4.69, 9.17) is 16.6 Å². The van der Waals surface area contributed by atoms with Crippen molar-refractivity contribution in [2.75, 3.05) is 5.32 Å². The van der Waals surface area contributed by atoms with E-state index in [0.717, 1.165) is 30.8 Å². The normalized spacial score (nSPS) is 20.3. The van der Waals surface area contributed by atoms with E-state index < -0.39 is 0 Å². The van der Waals surface area contributed by atoms with Gasteiger partial charge in [-0.05, 0) is 43.0 Å². The second kappa shape index (κ2) is 6.80. The topological polar surface area (TPSA) is 24.4 Å². The zero-order valence-corrected chi connectivity index (χ0v) is 15.0. The molecule has 1 heterocycles. The number of amidine groups is 1. The van der Waals surface area contributed by atoms with Gasteiger partial charge in [0.15, 0.2) is 0 Å². The average molecular weight is 357 g/mol. The van der Waals surface area contributed by atoms with Gasteiger partial charge in [0, 0.05) is 21.7 Å². The third-order valence-electron chi connectivity index (χ3n) is 5.53. The van der Waals surface area contributed by atoms with E-state index in [9.17, 15) is 4.39 Å². The molecule has 0 radical (unpaired) electrons. The summed E-state index contributed by atoms with van der Waals surface area (Å²) >= 11 is 5.85. The van der Waals surface area contributed by atoms with Crippen molar-refractivity contribution in [1.29, 1.82) is 0 Å². The minimum Gasteiger partial charge on any atom is -0.343 e. The number of para-hydroxylation sites is 1. The molecule has 0 atom stereocenters. The van der Waals surface area contributed by atoms with Crippen molar-refractivity contribution in [3.63, 3.8) is 0 Å². The van der Waals surface area contributed by atoms with Gasteiger partial charge in [-0.15, -0.1) is 0 Å². The first-order valence-corrected chi connectivity index (χ1v) is 9.38. The molecule has 130 valence electrons. The summed E-state index contributed by atoms with van der Waals surface area (Å²) in [5.74, 6) is 0.742. The molecule has 4 heteroatoms. The summed E-state index contributed by atoms with van der Waals surface area (Å²) < 4.78 is 14.1. The van der Waals surface area contributed by atoms with Crippen LogP contribution in [-0.2, 0) is 13.0 Å². The second-order valence-corrected chi connectivity index (χ2v) is 7.64. The summed E-state index contributed by atoms with van der Waals surface area (Å²) in [7, 11) is 0. The van der Waals surface area contributed by atoms with Crippen LogP contribution in [0.2, 0.25) is 5.02 Å². The van der Waals surface area contributed by atoms with Gasteiger partial charge >= 0.3 is 0 Å². The number of fused-ring (bicyclic) bond motifs is 1. The summed E-state index contributed by atoms with van der Waals surface area (Å²) in [5.41, 5.74) is 3.16. The van der Waals surface area contributed by atoms with Crippen molar-refractivity contribution >= 4 is 23.1 Å². The lowest BCUT2D eigenvalue weighted by Gasteiger charge is -2.42. The fraction of sp³-hybridized carbons (Fsp3) is 0.381. The van der Waals surface area contributed by atoms with E-state index in [1.54, 1.807) is 12.1 Å². The van der Waals surface area contributed by atoms with Gasteiger partial charge in [-0.1, -0.05) is 55.1 Å². The maximum Gasteiger partial charge on any atom is 0.129 e. The van der Waals surface area contributed by atoms with Crippen LogP contribution in [0.4, 0.5) is 10.1 Å². The molecule has 1 aliphatic carbocycles. The third-order valence-corrected chi connectivity index (χ3v) is 5.77. The van der Waals surface area contributed by atoms with E-state index in [0.29, 0.717) is 17.1 Å². The van der Waals surface area contributed by atoms with E-state index in [2.05, 4.69) is 23.5 Å². The zero-order valence-electron chi connectivity index (χ0n) is 14.2. The molecule has 0 unspecified atom stereocenters. The van der Waals surface area contributed by atoms with Crippen LogP contribution in [0.25, 0.3) is 0 Å². The SMILES string of the molecule is Fc1cc(Cl)ccc1CN=C1Nc2ccccc2CC12CCCCC2. The van der Waals surface area contributed by atoms with Gasteiger partial charge in [-0.2, -0.15) is 0 Å². The molecule has 1 aliphatic heterocycles. The van der Waals surface area contributed by atoms with Crippen molar-refractivity contribution < 1.29 is 4.39 Å². The Labute approximate surface area is 153 Å². The summed E-state index contributed by atoms with van der Waals surface area (Å²) in [4.78, 5) is 4.84. The molecular formula is C21H22ClFN2. The number of nitrogens with zero attached hydrogens (tertiary/aromatic N) is 1. The van der Waals surface area contributed by atoms with Crippen LogP contribution in [0.5, 0.6) is 0 Å². The molecule has 0 bridgehead atoms. The Morgan fingerprint density at radius 3 is 2.68 bits per heavy atom. The summed E-state index contributed by atoms with van der Waals surface area (Å²) in [6.07, 6.45) is 7.09. The van der Waals surface area contributed by atoms with Crippen LogP contribution in [0.3, 0.4) is 0 Å². The number of benzene rings is 2. The number of anilines is 1. The van der Waals surface area contributed by atoms with Crippen molar-refractivity contribution in [2.24, 2.45) is 10.4 Å². The third kappa shape index (κ3) is 3.30. The van der Waals surface area contributed by atoms with Crippen LogP contribution in [0.1, 0.15) is 43.2 Å². The standard InChI is InChI=1S/C21H22ClFN2/c22-17-9-8-16(18(23)12-17)14-24-20-21(10-4-1-5-11-21)13-15-6-2-3-7-19(15)25-20/h2-3,6-9,12H,1,4-5,10-11,13-14H2,(H,24,25). The van der Waals surface area contributed by atoms with Gasteiger partial charge in [-0.25, -0.2) is 4.39 Å². The lowest BCUT2D eigenvalue weighted by molar-refractivity contribution is 0.278. The highest BCUT2D eigenvalue weighted by Crippen LogP contribution is 2.45. The fourth-order valence-electron chi connectivity index (χ4n) is 4.17. The van der Waals surface area contributed by atoms with Crippen molar-refractivity contribution in [1.82, 2.24) is 0 Å². The highest BCUT2D eigenvalue weighted by Gasteiger charge is 2.40. The first-order chi connectivity index (χ1) is 12.2. The maximum absolute atomic E-state index is 14.1. The lowest BCUT2D eigenvalue weighted by atomic mass is 9.67. The number of hydrogen-bond acceptors (Lipinski definition) is 1. The summed E-state index contributed by atoms with van der Waals surface area (Å²) in [5, 5.41) is 3.98. The molecule has 4 rings (SSSR count). The Kier molecular flexibility index (Phi) is 4.51. The highest BCUT2D eigenvalue weighted by molar-refractivity contribution is 6.30. The molecule has 2 aromatic rings. The van der Waals surface area contributed by atoms with E-state index >= 15 is 0 Å². The van der Waals surface area contributed by atoms with Crippen LogP contribution in [0.15, 0.2) is 47.5 Å². The number of halogens is 2. The lowest BCUT2D eigenvalue weighted by Crippen LogP contribution is -2.43. The number of rotatable bonds is 2. The Morgan fingerprint density at radius 2 is 1.88 bits per heavy atom. The number of aliphatic imine (C=N–C) groups is 1. The molecule has 0 aromatic heterocycles. The Hall–Kier alpha value is -1.87. The first kappa shape index (κ1) is 16.6. The van der Waals surface area contributed by atoms with Crippen molar-refractivity contribution in [3.05, 3.63) is 64.4 Å². The zero-order chi connectivity index (χ0) is 17.3. The molecule has 2 nitrogen and oxygen atoms in total. The Balaban J connectivity index is 1.67. The molecule has 0 amide bonds. The second-order valence-electron chi connectivity index (χ2n) is 7.20. The highest BCUT2D eigenvalue weighted by atomic mass is 35.5. The quantitative estimate of drug-likeness (QED) is 0.701. The number of nitrogens with one attached hydrogen (secondary N) is 1. The summed E-state index contributed by atoms with van der Waals surface area (Å²) in [6, 6.07) is 13.3. The van der Waals surface area contributed by atoms with Gasteiger partial charge in [0.2, 0.25) is 0 Å². The van der Waals surface area contributed by atoms with Crippen LogP contribution in [0, 0.1) is 11.2 Å². The van der Waals surface area contributed by atoms with Gasteiger partial charge in [0.1, 0.15) is 11.7 Å². The molecule has 2 aliphatic rings. The molecule has 1 fully saturated rings. The minimum absolute atomic E-state index is 0.0789. The first-order valence-electron chi connectivity index (χ1n) is 9.00. The van der Waals surface area contributed by atoms with E-state index in [1.165, 1.54) is 30.9 Å².